The van der Waals surface area contributed by atoms with Crippen molar-refractivity contribution in [2.24, 2.45) is 11.7 Å². The summed E-state index contributed by atoms with van der Waals surface area (Å²) in [7, 11) is 1.39. The normalized spacial score (nSPS) is 17.6. The second kappa shape index (κ2) is 4.66. The number of hydrogen-bond acceptors (Lipinski definition) is 3. The van der Waals surface area contributed by atoms with Crippen molar-refractivity contribution < 1.29 is 9.53 Å². The Hall–Kier alpha value is -1.35. The zero-order chi connectivity index (χ0) is 11.5. The lowest BCUT2D eigenvalue weighted by Gasteiger charge is -2.31. The zero-order valence-electron chi connectivity index (χ0n) is 9.48. The minimum absolute atomic E-state index is 0.112. The summed E-state index contributed by atoms with van der Waals surface area (Å²) in [5.41, 5.74) is 7.83. The fourth-order valence-electron chi connectivity index (χ4n) is 2.03. The molecule has 2 N–H and O–H groups in total. The van der Waals surface area contributed by atoms with Gasteiger partial charge in [0, 0.05) is 6.04 Å². The van der Waals surface area contributed by atoms with Gasteiger partial charge in [0.1, 0.15) is 0 Å². The molecule has 1 atom stereocenters. The fraction of sp³-hybridized carbons (Fsp3) is 0.462. The predicted molar refractivity (Wildman–Crippen MR) is 62.1 cm³/mol. The summed E-state index contributed by atoms with van der Waals surface area (Å²) >= 11 is 0. The van der Waals surface area contributed by atoms with E-state index in [9.17, 15) is 4.79 Å². The molecule has 0 radical (unpaired) electrons. The molecule has 0 aliphatic heterocycles. The highest BCUT2D eigenvalue weighted by Gasteiger charge is 2.25. The van der Waals surface area contributed by atoms with Crippen LogP contribution in [0.25, 0.3) is 0 Å². The molecule has 1 aliphatic rings. The van der Waals surface area contributed by atoms with Gasteiger partial charge in [0.2, 0.25) is 0 Å². The quantitative estimate of drug-likeness (QED) is 0.793. The third-order valence-corrected chi connectivity index (χ3v) is 3.37. The molecular formula is C13H17NO2. The lowest BCUT2D eigenvalue weighted by Crippen LogP contribution is -2.26. The van der Waals surface area contributed by atoms with Gasteiger partial charge >= 0.3 is 5.97 Å². The number of carbonyl (C=O) groups is 1. The van der Waals surface area contributed by atoms with E-state index in [0.29, 0.717) is 11.5 Å². The summed E-state index contributed by atoms with van der Waals surface area (Å²) in [4.78, 5) is 11.2. The van der Waals surface area contributed by atoms with E-state index in [1.54, 1.807) is 12.1 Å². The molecule has 1 fully saturated rings. The monoisotopic (exact) mass is 219 g/mol. The Labute approximate surface area is 95.6 Å². The Kier molecular flexibility index (Phi) is 3.25. The Morgan fingerprint density at radius 2 is 2.00 bits per heavy atom. The van der Waals surface area contributed by atoms with E-state index in [1.807, 2.05) is 12.1 Å². The van der Waals surface area contributed by atoms with Gasteiger partial charge in [-0.25, -0.2) is 4.79 Å². The maximum absolute atomic E-state index is 11.2. The topological polar surface area (TPSA) is 52.3 Å². The van der Waals surface area contributed by atoms with Crippen LogP contribution in [0.4, 0.5) is 0 Å². The van der Waals surface area contributed by atoms with Crippen LogP contribution < -0.4 is 5.73 Å². The van der Waals surface area contributed by atoms with Crippen LogP contribution >= 0.6 is 0 Å². The summed E-state index contributed by atoms with van der Waals surface area (Å²) in [6.07, 6.45) is 3.73. The summed E-state index contributed by atoms with van der Waals surface area (Å²) in [6.45, 7) is 0. The Morgan fingerprint density at radius 3 is 2.44 bits per heavy atom. The summed E-state index contributed by atoms with van der Waals surface area (Å²) in [5, 5.41) is 0. The van der Waals surface area contributed by atoms with E-state index in [-0.39, 0.29) is 12.0 Å². The second-order valence-electron chi connectivity index (χ2n) is 4.33. The number of benzene rings is 1. The van der Waals surface area contributed by atoms with Crippen molar-refractivity contribution in [3.8, 4) is 0 Å². The highest BCUT2D eigenvalue weighted by atomic mass is 16.5. The van der Waals surface area contributed by atoms with Gasteiger partial charge in [0.05, 0.1) is 12.7 Å². The largest absolute Gasteiger partial charge is 0.465 e. The van der Waals surface area contributed by atoms with Crippen LogP contribution in [0.15, 0.2) is 24.3 Å². The molecule has 2 rings (SSSR count). The van der Waals surface area contributed by atoms with E-state index in [4.69, 9.17) is 5.73 Å². The number of nitrogens with two attached hydrogens (primary N) is 1. The summed E-state index contributed by atoms with van der Waals surface area (Å²) in [5.74, 6) is 0.313. The van der Waals surface area contributed by atoms with Gasteiger partial charge in [0.25, 0.3) is 0 Å². The van der Waals surface area contributed by atoms with Gasteiger partial charge in [-0.05, 0) is 36.5 Å². The Balaban J connectivity index is 2.09. The number of carbonyl (C=O) groups excluding carboxylic acids is 1. The first-order valence-corrected chi connectivity index (χ1v) is 5.66. The van der Waals surface area contributed by atoms with Gasteiger partial charge < -0.3 is 10.5 Å². The molecule has 1 aromatic rings. The van der Waals surface area contributed by atoms with Crippen molar-refractivity contribution >= 4 is 5.97 Å². The Morgan fingerprint density at radius 1 is 1.38 bits per heavy atom. The number of ether oxygens (including phenoxy) is 1. The van der Waals surface area contributed by atoms with Crippen molar-refractivity contribution in [3.05, 3.63) is 35.4 Å². The van der Waals surface area contributed by atoms with Crippen LogP contribution in [-0.4, -0.2) is 13.1 Å². The molecule has 16 heavy (non-hydrogen) atoms. The minimum Gasteiger partial charge on any atom is -0.465 e. The molecule has 86 valence electrons. The highest BCUT2D eigenvalue weighted by Crippen LogP contribution is 2.36. The van der Waals surface area contributed by atoms with Crippen molar-refractivity contribution in [3.63, 3.8) is 0 Å². The maximum atomic E-state index is 11.2. The smallest absolute Gasteiger partial charge is 0.337 e. The molecule has 3 nitrogen and oxygen atoms in total. The molecule has 0 bridgehead atoms. The van der Waals surface area contributed by atoms with E-state index < -0.39 is 0 Å². The number of methoxy groups -OCH3 is 1. The molecule has 0 spiro atoms. The van der Waals surface area contributed by atoms with E-state index in [0.717, 1.165) is 5.56 Å². The second-order valence-corrected chi connectivity index (χ2v) is 4.33. The lowest BCUT2D eigenvalue weighted by molar-refractivity contribution is 0.0600. The standard InChI is InChI=1S/C13H17NO2/c1-16-13(15)11-7-5-10(6-8-11)12(14)9-3-2-4-9/h5-9,12H,2-4,14H2,1H3/t12-/m0/s1. The molecule has 0 unspecified atom stereocenters. The third-order valence-electron chi connectivity index (χ3n) is 3.37. The van der Waals surface area contributed by atoms with Gasteiger partial charge in [-0.3, -0.25) is 0 Å². The van der Waals surface area contributed by atoms with Gasteiger partial charge in [0.15, 0.2) is 0 Å². The van der Waals surface area contributed by atoms with Crippen LogP contribution in [0, 0.1) is 5.92 Å². The number of hydrogen-bond donors (Lipinski definition) is 1. The highest BCUT2D eigenvalue weighted by molar-refractivity contribution is 5.89. The van der Waals surface area contributed by atoms with Crippen LogP contribution in [0.5, 0.6) is 0 Å². The SMILES string of the molecule is COC(=O)c1ccc([C@@H](N)C2CCC2)cc1. The number of esters is 1. The zero-order valence-corrected chi connectivity index (χ0v) is 9.48. The first kappa shape index (κ1) is 11.1. The van der Waals surface area contributed by atoms with Crippen molar-refractivity contribution in [1.82, 2.24) is 0 Å². The van der Waals surface area contributed by atoms with Crippen molar-refractivity contribution in [2.45, 2.75) is 25.3 Å². The predicted octanol–water partition coefficient (Wildman–Crippen LogP) is 2.27. The molecule has 0 amide bonds. The number of rotatable bonds is 3. The van der Waals surface area contributed by atoms with Crippen molar-refractivity contribution in [2.75, 3.05) is 7.11 Å². The van der Waals surface area contributed by atoms with E-state index >= 15 is 0 Å². The van der Waals surface area contributed by atoms with Gasteiger partial charge in [-0.2, -0.15) is 0 Å². The molecule has 1 saturated carbocycles. The van der Waals surface area contributed by atoms with Crippen LogP contribution in [0.3, 0.4) is 0 Å². The van der Waals surface area contributed by atoms with Crippen LogP contribution in [-0.2, 0) is 4.74 Å². The molecule has 0 aromatic heterocycles. The summed E-state index contributed by atoms with van der Waals surface area (Å²) < 4.78 is 4.65. The van der Waals surface area contributed by atoms with Gasteiger partial charge in [-0.15, -0.1) is 0 Å². The molecule has 0 saturated heterocycles. The first-order valence-electron chi connectivity index (χ1n) is 5.66. The van der Waals surface area contributed by atoms with Crippen LogP contribution in [0.1, 0.15) is 41.2 Å². The van der Waals surface area contributed by atoms with E-state index in [1.165, 1.54) is 26.4 Å². The third kappa shape index (κ3) is 2.09. The van der Waals surface area contributed by atoms with E-state index in [2.05, 4.69) is 4.74 Å². The Bertz CT molecular complexity index is 368. The summed E-state index contributed by atoms with van der Waals surface area (Å²) in [6, 6.07) is 7.52. The average molecular weight is 219 g/mol. The molecule has 0 heterocycles. The molecule has 1 aliphatic carbocycles. The molecular weight excluding hydrogens is 202 g/mol. The van der Waals surface area contributed by atoms with Crippen molar-refractivity contribution in [1.29, 1.82) is 0 Å². The molecule has 1 aromatic carbocycles. The fourth-order valence-corrected chi connectivity index (χ4v) is 2.03. The van der Waals surface area contributed by atoms with Crippen LogP contribution in [0.2, 0.25) is 0 Å². The molecule has 3 heteroatoms. The minimum atomic E-state index is -0.302. The van der Waals surface area contributed by atoms with Gasteiger partial charge in [-0.1, -0.05) is 18.6 Å². The maximum Gasteiger partial charge on any atom is 0.337 e. The average Bonchev–Trinajstić information content (AvgIpc) is 2.26. The lowest BCUT2D eigenvalue weighted by atomic mass is 9.77. The first-order chi connectivity index (χ1) is 7.72.